The van der Waals surface area contributed by atoms with Gasteiger partial charge in [0.1, 0.15) is 6.04 Å². The Balaban J connectivity index is 1.63. The topological polar surface area (TPSA) is 125 Å². The summed E-state index contributed by atoms with van der Waals surface area (Å²) in [5, 5.41) is 14.6. The molecule has 9 heteroatoms. The predicted molar refractivity (Wildman–Crippen MR) is 116 cm³/mol. The molecule has 2 atom stereocenters. The number of urea groups is 1. The van der Waals surface area contributed by atoms with Crippen LogP contribution in [0.15, 0.2) is 54.6 Å². The van der Waals surface area contributed by atoms with Crippen molar-refractivity contribution in [1.29, 1.82) is 0 Å². The minimum absolute atomic E-state index is 0.233. The van der Waals surface area contributed by atoms with Crippen LogP contribution in [0.2, 0.25) is 0 Å². The number of amides is 3. The lowest BCUT2D eigenvalue weighted by Gasteiger charge is -2.28. The molecule has 3 amide bonds. The molecule has 0 saturated carbocycles. The van der Waals surface area contributed by atoms with Gasteiger partial charge in [-0.2, -0.15) is 0 Å². The van der Waals surface area contributed by atoms with Crippen LogP contribution in [0.4, 0.5) is 10.5 Å². The number of ether oxygens (including phenoxy) is 1. The van der Waals surface area contributed by atoms with Gasteiger partial charge in [0.2, 0.25) is 5.91 Å². The molecular formula is C23H25N3O6. The fourth-order valence-corrected chi connectivity index (χ4v) is 3.76. The highest BCUT2D eigenvalue weighted by molar-refractivity contribution is 5.95. The second kappa shape index (κ2) is 10.4. The highest BCUT2D eigenvalue weighted by Crippen LogP contribution is 2.36. The fourth-order valence-electron chi connectivity index (χ4n) is 3.76. The van der Waals surface area contributed by atoms with Gasteiger partial charge in [0, 0.05) is 5.69 Å². The average Bonchev–Trinajstić information content (AvgIpc) is 3.24. The molecule has 0 spiro atoms. The van der Waals surface area contributed by atoms with Crippen LogP contribution in [0.25, 0.3) is 0 Å². The molecule has 2 aromatic rings. The normalized spacial score (nSPS) is 17.5. The zero-order chi connectivity index (χ0) is 23.1. The molecule has 3 rings (SSSR count). The molecule has 1 fully saturated rings. The van der Waals surface area contributed by atoms with E-state index in [1.807, 2.05) is 30.3 Å². The highest BCUT2D eigenvalue weighted by atomic mass is 16.5. The van der Waals surface area contributed by atoms with E-state index in [0.29, 0.717) is 18.5 Å². The number of aliphatic carboxylic acids is 1. The maximum absolute atomic E-state index is 12.9. The van der Waals surface area contributed by atoms with Gasteiger partial charge in [-0.25, -0.2) is 14.4 Å². The van der Waals surface area contributed by atoms with Crippen molar-refractivity contribution in [3.8, 4) is 0 Å². The van der Waals surface area contributed by atoms with E-state index in [2.05, 4.69) is 10.6 Å². The van der Waals surface area contributed by atoms with Crippen molar-refractivity contribution in [2.24, 2.45) is 0 Å². The van der Waals surface area contributed by atoms with Gasteiger partial charge in [-0.15, -0.1) is 0 Å². The van der Waals surface area contributed by atoms with Crippen LogP contribution in [0.5, 0.6) is 0 Å². The lowest BCUT2D eigenvalue weighted by Crippen LogP contribution is -2.47. The number of nitrogens with one attached hydrogen (secondary N) is 2. The summed E-state index contributed by atoms with van der Waals surface area (Å²) in [4.78, 5) is 50.0. The zero-order valence-corrected chi connectivity index (χ0v) is 17.6. The maximum Gasteiger partial charge on any atom is 0.338 e. The molecule has 0 aromatic heterocycles. The number of likely N-dealkylation sites (tertiary alicyclic amines) is 1. The van der Waals surface area contributed by atoms with Crippen molar-refractivity contribution in [2.45, 2.75) is 31.8 Å². The Hall–Kier alpha value is -3.88. The number of anilines is 1. The number of benzene rings is 2. The summed E-state index contributed by atoms with van der Waals surface area (Å²) in [6, 6.07) is 13.5. The molecule has 3 N–H and O–H groups in total. The second-order valence-corrected chi connectivity index (χ2v) is 7.27. The molecule has 1 aliphatic heterocycles. The molecule has 0 aliphatic carbocycles. The first-order valence-electron chi connectivity index (χ1n) is 10.3. The third-order valence-electron chi connectivity index (χ3n) is 5.17. The van der Waals surface area contributed by atoms with Crippen LogP contribution in [0.1, 0.15) is 41.7 Å². The lowest BCUT2D eigenvalue weighted by molar-refractivity contribution is -0.149. The lowest BCUT2D eigenvalue weighted by atomic mass is 10.0. The van der Waals surface area contributed by atoms with Gasteiger partial charge in [-0.05, 0) is 43.5 Å². The highest BCUT2D eigenvalue weighted by Gasteiger charge is 2.41. The third-order valence-corrected chi connectivity index (χ3v) is 5.17. The van der Waals surface area contributed by atoms with Crippen molar-refractivity contribution >= 4 is 29.6 Å². The Kier molecular flexibility index (Phi) is 7.43. The smallest absolute Gasteiger partial charge is 0.338 e. The summed E-state index contributed by atoms with van der Waals surface area (Å²) >= 11 is 0. The number of carbonyl (C=O) groups is 4. The quantitative estimate of drug-likeness (QED) is 0.570. The van der Waals surface area contributed by atoms with E-state index >= 15 is 0 Å². The van der Waals surface area contributed by atoms with Gasteiger partial charge in [0.25, 0.3) is 0 Å². The van der Waals surface area contributed by atoms with Crippen molar-refractivity contribution < 1.29 is 29.0 Å². The number of esters is 1. The van der Waals surface area contributed by atoms with E-state index in [1.54, 1.807) is 25.1 Å². The van der Waals surface area contributed by atoms with Crippen LogP contribution in [-0.2, 0) is 14.3 Å². The molecule has 1 heterocycles. The summed E-state index contributed by atoms with van der Waals surface area (Å²) in [6.07, 6.45) is 0.868. The molecule has 9 nitrogen and oxygen atoms in total. The third kappa shape index (κ3) is 5.42. The summed E-state index contributed by atoms with van der Waals surface area (Å²) in [7, 11) is 0. The molecule has 1 saturated heterocycles. The van der Waals surface area contributed by atoms with Gasteiger partial charge >= 0.3 is 18.0 Å². The maximum atomic E-state index is 12.9. The number of hydrogen-bond acceptors (Lipinski definition) is 5. The van der Waals surface area contributed by atoms with Crippen molar-refractivity contribution in [1.82, 2.24) is 10.2 Å². The van der Waals surface area contributed by atoms with Gasteiger partial charge in [-0.3, -0.25) is 4.79 Å². The fraction of sp³-hybridized carbons (Fsp3) is 0.304. The molecule has 0 unspecified atom stereocenters. The Morgan fingerprint density at radius 2 is 1.81 bits per heavy atom. The van der Waals surface area contributed by atoms with Gasteiger partial charge in [-0.1, -0.05) is 36.4 Å². The largest absolute Gasteiger partial charge is 0.480 e. The van der Waals surface area contributed by atoms with Crippen molar-refractivity contribution in [3.63, 3.8) is 0 Å². The monoisotopic (exact) mass is 439 g/mol. The summed E-state index contributed by atoms with van der Waals surface area (Å²) in [6.45, 7) is 1.56. The van der Waals surface area contributed by atoms with E-state index in [0.717, 1.165) is 5.56 Å². The predicted octanol–water partition coefficient (Wildman–Crippen LogP) is 2.80. The second-order valence-electron chi connectivity index (χ2n) is 7.27. The molecule has 32 heavy (non-hydrogen) atoms. The van der Waals surface area contributed by atoms with Crippen LogP contribution in [-0.4, -0.2) is 53.1 Å². The first-order valence-corrected chi connectivity index (χ1v) is 10.3. The Morgan fingerprint density at radius 3 is 2.50 bits per heavy atom. The SMILES string of the molecule is CCOC(=O)c1cccc(NC(=O)NCC(=O)N2[C@@H](c3ccccc3)CC[C@H]2C(=O)O)c1. The minimum Gasteiger partial charge on any atom is -0.480 e. The Bertz CT molecular complexity index is 994. The molecule has 0 bridgehead atoms. The number of hydrogen-bond donors (Lipinski definition) is 3. The summed E-state index contributed by atoms with van der Waals surface area (Å²) < 4.78 is 4.93. The average molecular weight is 439 g/mol. The van der Waals surface area contributed by atoms with Crippen molar-refractivity contribution in [3.05, 3.63) is 65.7 Å². The molecule has 0 radical (unpaired) electrons. The Morgan fingerprint density at radius 1 is 1.06 bits per heavy atom. The van der Waals surface area contributed by atoms with Crippen LogP contribution in [0, 0.1) is 0 Å². The number of nitrogens with zero attached hydrogens (tertiary/aromatic N) is 1. The summed E-state index contributed by atoms with van der Waals surface area (Å²) in [5.74, 6) is -2.07. The van der Waals surface area contributed by atoms with Gasteiger partial charge < -0.3 is 25.4 Å². The molecular weight excluding hydrogens is 414 g/mol. The number of carboxylic acids is 1. The first kappa shape index (κ1) is 22.8. The molecule has 168 valence electrons. The van der Waals surface area contributed by atoms with E-state index in [-0.39, 0.29) is 24.8 Å². The van der Waals surface area contributed by atoms with Gasteiger partial charge in [0.15, 0.2) is 0 Å². The van der Waals surface area contributed by atoms with Gasteiger partial charge in [0.05, 0.1) is 24.8 Å². The van der Waals surface area contributed by atoms with E-state index in [1.165, 1.54) is 11.0 Å². The van der Waals surface area contributed by atoms with E-state index in [9.17, 15) is 24.3 Å². The standard InChI is InChI=1S/C23H25N3O6/c1-2-32-22(30)16-9-6-10-17(13-16)25-23(31)24-14-20(27)26-18(11-12-19(26)21(28)29)15-7-4-3-5-8-15/h3-10,13,18-19H,2,11-12,14H2,1H3,(H,28,29)(H2,24,25,31)/t18-,19+/m1/s1. The van der Waals surface area contributed by atoms with E-state index in [4.69, 9.17) is 4.74 Å². The zero-order valence-electron chi connectivity index (χ0n) is 17.6. The van der Waals surface area contributed by atoms with Crippen LogP contribution in [0.3, 0.4) is 0 Å². The number of carboxylic acid groups (broad SMARTS) is 1. The minimum atomic E-state index is -1.07. The molecule has 1 aliphatic rings. The van der Waals surface area contributed by atoms with Crippen molar-refractivity contribution in [2.75, 3.05) is 18.5 Å². The first-order chi connectivity index (χ1) is 15.4. The number of carbonyl (C=O) groups excluding carboxylic acids is 3. The van der Waals surface area contributed by atoms with Crippen LogP contribution >= 0.6 is 0 Å². The van der Waals surface area contributed by atoms with E-state index < -0.39 is 29.9 Å². The van der Waals surface area contributed by atoms with Crippen LogP contribution < -0.4 is 10.6 Å². The molecule has 2 aromatic carbocycles. The summed E-state index contributed by atoms with van der Waals surface area (Å²) in [5.41, 5.74) is 1.49. The number of rotatable bonds is 7. The Labute approximate surface area is 185 Å².